The number of fused-ring (bicyclic) bond motifs is 1. The number of benzene rings is 1. The van der Waals surface area contributed by atoms with E-state index in [-0.39, 0.29) is 6.10 Å². The molecule has 1 aliphatic heterocycles. The summed E-state index contributed by atoms with van der Waals surface area (Å²) in [6.45, 7) is 6.37. The van der Waals surface area contributed by atoms with Crippen LogP contribution in [0, 0.1) is 0 Å². The largest absolute Gasteiger partial charge is 0.489 e. The first-order valence-corrected chi connectivity index (χ1v) is 6.06. The first kappa shape index (κ1) is 12.0. The summed E-state index contributed by atoms with van der Waals surface area (Å²) in [6.07, 6.45) is 1.28. The average molecular weight is 237 g/mol. The Balaban J connectivity index is 1.86. The summed E-state index contributed by atoms with van der Waals surface area (Å²) in [4.78, 5) is 0. The summed E-state index contributed by atoms with van der Waals surface area (Å²) >= 11 is 0. The summed E-state index contributed by atoms with van der Waals surface area (Å²) in [5.74, 6) is 2.37. The minimum absolute atomic E-state index is 0.141. The SMILES string of the molecule is CCCNCC(C)Oc1ccc2c(c1)OCO2. The molecule has 0 aromatic heterocycles. The fourth-order valence-corrected chi connectivity index (χ4v) is 1.71. The second-order valence-corrected chi connectivity index (χ2v) is 4.15. The van der Waals surface area contributed by atoms with Crippen LogP contribution in [0.5, 0.6) is 17.2 Å². The van der Waals surface area contributed by atoms with Gasteiger partial charge in [-0.15, -0.1) is 0 Å². The van der Waals surface area contributed by atoms with Crippen molar-refractivity contribution in [3.8, 4) is 17.2 Å². The molecule has 0 fully saturated rings. The minimum atomic E-state index is 0.141. The molecule has 4 nitrogen and oxygen atoms in total. The van der Waals surface area contributed by atoms with E-state index in [4.69, 9.17) is 14.2 Å². The molecule has 17 heavy (non-hydrogen) atoms. The molecule has 1 N–H and O–H groups in total. The maximum atomic E-state index is 5.79. The lowest BCUT2D eigenvalue weighted by Crippen LogP contribution is -2.29. The van der Waals surface area contributed by atoms with E-state index in [1.165, 1.54) is 0 Å². The number of ether oxygens (including phenoxy) is 3. The maximum absolute atomic E-state index is 5.79. The fourth-order valence-electron chi connectivity index (χ4n) is 1.71. The van der Waals surface area contributed by atoms with Crippen LogP contribution in [0.4, 0.5) is 0 Å². The van der Waals surface area contributed by atoms with Crippen LogP contribution in [-0.4, -0.2) is 26.0 Å². The standard InChI is InChI=1S/C13H19NO3/c1-3-6-14-8-10(2)17-11-4-5-12-13(7-11)16-9-15-12/h4-5,7,10,14H,3,6,8-9H2,1-2H3. The van der Waals surface area contributed by atoms with Gasteiger partial charge in [0.1, 0.15) is 11.9 Å². The zero-order valence-electron chi connectivity index (χ0n) is 10.4. The second-order valence-electron chi connectivity index (χ2n) is 4.15. The molecule has 1 aromatic rings. The fraction of sp³-hybridized carbons (Fsp3) is 0.538. The summed E-state index contributed by atoms with van der Waals surface area (Å²) in [6, 6.07) is 5.66. The van der Waals surface area contributed by atoms with Crippen LogP contribution < -0.4 is 19.5 Å². The molecule has 0 amide bonds. The van der Waals surface area contributed by atoms with Gasteiger partial charge >= 0.3 is 0 Å². The molecule has 0 aliphatic carbocycles. The Kier molecular flexibility index (Phi) is 4.09. The van der Waals surface area contributed by atoms with Crippen molar-refractivity contribution in [2.24, 2.45) is 0 Å². The highest BCUT2D eigenvalue weighted by atomic mass is 16.7. The molecule has 0 bridgehead atoms. The molecule has 1 unspecified atom stereocenters. The van der Waals surface area contributed by atoms with Crippen LogP contribution in [0.3, 0.4) is 0 Å². The molecule has 94 valence electrons. The molecular formula is C13H19NO3. The Labute approximate surface area is 102 Å². The molecule has 1 atom stereocenters. The predicted octanol–water partition coefficient (Wildman–Crippen LogP) is 2.18. The quantitative estimate of drug-likeness (QED) is 0.770. The Morgan fingerprint density at radius 2 is 2.18 bits per heavy atom. The highest BCUT2D eigenvalue weighted by molar-refractivity contribution is 5.46. The highest BCUT2D eigenvalue weighted by Crippen LogP contribution is 2.35. The van der Waals surface area contributed by atoms with Gasteiger partial charge < -0.3 is 19.5 Å². The Hall–Kier alpha value is -1.42. The van der Waals surface area contributed by atoms with E-state index in [1.54, 1.807) is 0 Å². The Bertz CT molecular complexity index is 368. The lowest BCUT2D eigenvalue weighted by atomic mass is 10.3. The third kappa shape index (κ3) is 3.27. The van der Waals surface area contributed by atoms with Crippen LogP contribution >= 0.6 is 0 Å². The van der Waals surface area contributed by atoms with E-state index >= 15 is 0 Å². The van der Waals surface area contributed by atoms with Gasteiger partial charge in [-0.2, -0.15) is 0 Å². The van der Waals surface area contributed by atoms with Crippen LogP contribution in [0.15, 0.2) is 18.2 Å². The molecule has 0 saturated heterocycles. The first-order valence-electron chi connectivity index (χ1n) is 6.06. The van der Waals surface area contributed by atoms with Gasteiger partial charge in [0.25, 0.3) is 0 Å². The van der Waals surface area contributed by atoms with Crippen molar-refractivity contribution in [3.63, 3.8) is 0 Å². The highest BCUT2D eigenvalue weighted by Gasteiger charge is 2.14. The number of nitrogens with one attached hydrogen (secondary N) is 1. The van der Waals surface area contributed by atoms with E-state index in [9.17, 15) is 0 Å². The summed E-state index contributed by atoms with van der Waals surface area (Å²) in [7, 11) is 0. The van der Waals surface area contributed by atoms with Crippen LogP contribution in [0.25, 0.3) is 0 Å². The molecule has 0 spiro atoms. The van der Waals surface area contributed by atoms with E-state index in [0.717, 1.165) is 36.8 Å². The van der Waals surface area contributed by atoms with E-state index < -0.39 is 0 Å². The van der Waals surface area contributed by atoms with Gasteiger partial charge in [-0.25, -0.2) is 0 Å². The van der Waals surface area contributed by atoms with Crippen molar-refractivity contribution in [1.82, 2.24) is 5.32 Å². The number of hydrogen-bond donors (Lipinski definition) is 1. The number of rotatable bonds is 6. The zero-order valence-corrected chi connectivity index (χ0v) is 10.4. The van der Waals surface area contributed by atoms with Crippen LogP contribution in [-0.2, 0) is 0 Å². The smallest absolute Gasteiger partial charge is 0.231 e. The molecule has 1 heterocycles. The van der Waals surface area contributed by atoms with Gasteiger partial charge in [0.2, 0.25) is 6.79 Å². The molecule has 4 heteroatoms. The monoisotopic (exact) mass is 237 g/mol. The molecule has 1 aromatic carbocycles. The summed E-state index contributed by atoms with van der Waals surface area (Å²) < 4.78 is 16.3. The third-order valence-corrected chi connectivity index (χ3v) is 2.54. The molecule has 0 radical (unpaired) electrons. The molecule has 0 saturated carbocycles. The molecule has 1 aliphatic rings. The molecule has 2 rings (SSSR count). The van der Waals surface area contributed by atoms with Crippen molar-refractivity contribution in [2.45, 2.75) is 26.4 Å². The normalized spacial score (nSPS) is 14.7. The lowest BCUT2D eigenvalue weighted by Gasteiger charge is -2.15. The molecular weight excluding hydrogens is 218 g/mol. The van der Waals surface area contributed by atoms with Crippen molar-refractivity contribution in [2.75, 3.05) is 19.9 Å². The van der Waals surface area contributed by atoms with Crippen molar-refractivity contribution in [3.05, 3.63) is 18.2 Å². The second kappa shape index (κ2) is 5.77. The Morgan fingerprint density at radius 3 is 3.00 bits per heavy atom. The van der Waals surface area contributed by atoms with Crippen molar-refractivity contribution >= 4 is 0 Å². The van der Waals surface area contributed by atoms with E-state index in [1.807, 2.05) is 25.1 Å². The van der Waals surface area contributed by atoms with Gasteiger partial charge in [-0.3, -0.25) is 0 Å². The number of hydrogen-bond acceptors (Lipinski definition) is 4. The van der Waals surface area contributed by atoms with Gasteiger partial charge in [-0.1, -0.05) is 6.92 Å². The third-order valence-electron chi connectivity index (χ3n) is 2.54. The zero-order chi connectivity index (χ0) is 12.1. The minimum Gasteiger partial charge on any atom is -0.489 e. The van der Waals surface area contributed by atoms with Crippen LogP contribution in [0.1, 0.15) is 20.3 Å². The van der Waals surface area contributed by atoms with Gasteiger partial charge in [0.05, 0.1) is 0 Å². The van der Waals surface area contributed by atoms with Crippen LogP contribution in [0.2, 0.25) is 0 Å². The van der Waals surface area contributed by atoms with Crippen molar-refractivity contribution in [1.29, 1.82) is 0 Å². The summed E-state index contributed by atoms with van der Waals surface area (Å²) in [5, 5.41) is 3.33. The first-order chi connectivity index (χ1) is 8.29. The van der Waals surface area contributed by atoms with Crippen molar-refractivity contribution < 1.29 is 14.2 Å². The maximum Gasteiger partial charge on any atom is 0.231 e. The van der Waals surface area contributed by atoms with Gasteiger partial charge in [0.15, 0.2) is 11.5 Å². The average Bonchev–Trinajstić information content (AvgIpc) is 2.76. The predicted molar refractivity (Wildman–Crippen MR) is 65.8 cm³/mol. The van der Waals surface area contributed by atoms with Gasteiger partial charge in [-0.05, 0) is 32.0 Å². The van der Waals surface area contributed by atoms with Gasteiger partial charge in [0, 0.05) is 12.6 Å². The van der Waals surface area contributed by atoms with E-state index in [0.29, 0.717) is 6.79 Å². The Morgan fingerprint density at radius 1 is 1.35 bits per heavy atom. The lowest BCUT2D eigenvalue weighted by molar-refractivity contribution is 0.173. The topological polar surface area (TPSA) is 39.7 Å². The summed E-state index contributed by atoms with van der Waals surface area (Å²) in [5.41, 5.74) is 0. The van der Waals surface area contributed by atoms with E-state index in [2.05, 4.69) is 12.2 Å².